The maximum absolute atomic E-state index is 9.65. The molecule has 4 heteroatoms. The van der Waals surface area contributed by atoms with Gasteiger partial charge in [0, 0.05) is 30.6 Å². The number of likely N-dealkylation sites (N-methyl/N-ethyl adjacent to an activating group) is 1. The zero-order valence-electron chi connectivity index (χ0n) is 12.4. The van der Waals surface area contributed by atoms with Crippen LogP contribution in [0.3, 0.4) is 0 Å². The molecule has 4 rings (SSSR count). The van der Waals surface area contributed by atoms with Crippen LogP contribution in [-0.2, 0) is 0 Å². The van der Waals surface area contributed by atoms with Crippen LogP contribution in [0.1, 0.15) is 19.3 Å². The van der Waals surface area contributed by atoms with Crippen molar-refractivity contribution in [2.45, 2.75) is 31.3 Å². The second-order valence-electron chi connectivity index (χ2n) is 6.38. The van der Waals surface area contributed by atoms with Crippen LogP contribution in [0, 0.1) is 0 Å². The molecular formula is C17H21N3O. The quantitative estimate of drug-likeness (QED) is 0.873. The second kappa shape index (κ2) is 4.88. The Morgan fingerprint density at radius 2 is 1.90 bits per heavy atom. The van der Waals surface area contributed by atoms with Crippen LogP contribution in [-0.4, -0.2) is 47.2 Å². The predicted molar refractivity (Wildman–Crippen MR) is 84.8 cm³/mol. The third-order valence-corrected chi connectivity index (χ3v) is 5.10. The van der Waals surface area contributed by atoms with Crippen molar-refractivity contribution in [3.05, 3.63) is 30.5 Å². The molecule has 0 spiro atoms. The van der Waals surface area contributed by atoms with Crippen LogP contribution in [0.25, 0.3) is 10.9 Å². The number of piperazine rings is 1. The van der Waals surface area contributed by atoms with E-state index in [-0.39, 0.29) is 0 Å². The van der Waals surface area contributed by atoms with Crippen LogP contribution in [0.2, 0.25) is 0 Å². The van der Waals surface area contributed by atoms with Crippen LogP contribution in [0.5, 0.6) is 5.75 Å². The largest absolute Gasteiger partial charge is 0.508 e. The fourth-order valence-corrected chi connectivity index (χ4v) is 3.81. The first-order valence-electron chi connectivity index (χ1n) is 7.76. The molecule has 0 radical (unpaired) electrons. The summed E-state index contributed by atoms with van der Waals surface area (Å²) in [4.78, 5) is 9.56. The van der Waals surface area contributed by atoms with Gasteiger partial charge in [0.25, 0.3) is 0 Å². The highest BCUT2D eigenvalue weighted by atomic mass is 16.3. The van der Waals surface area contributed by atoms with E-state index in [1.807, 2.05) is 12.3 Å². The molecule has 1 aromatic heterocycles. The number of hydrogen-bond acceptors (Lipinski definition) is 4. The van der Waals surface area contributed by atoms with E-state index >= 15 is 0 Å². The Balaban J connectivity index is 1.67. The number of piperidine rings is 1. The minimum absolute atomic E-state index is 0.302. The van der Waals surface area contributed by atoms with Gasteiger partial charge >= 0.3 is 0 Å². The normalized spacial score (nSPS) is 26.2. The molecule has 0 saturated carbocycles. The summed E-state index contributed by atoms with van der Waals surface area (Å²) in [5.74, 6) is 0.302. The summed E-state index contributed by atoms with van der Waals surface area (Å²) in [7, 11) is 2.27. The van der Waals surface area contributed by atoms with Gasteiger partial charge in [0.1, 0.15) is 5.75 Å². The molecule has 2 saturated heterocycles. The summed E-state index contributed by atoms with van der Waals surface area (Å²) < 4.78 is 0. The summed E-state index contributed by atoms with van der Waals surface area (Å²) in [5.41, 5.74) is 2.11. The molecule has 1 N–H and O–H groups in total. The van der Waals surface area contributed by atoms with Gasteiger partial charge in [0.15, 0.2) is 0 Å². The fourth-order valence-electron chi connectivity index (χ4n) is 3.81. The van der Waals surface area contributed by atoms with Crippen molar-refractivity contribution >= 4 is 16.6 Å². The SMILES string of the molecule is CN1C2CCCC1CN(c1cnc3ccc(O)cc3c1)C2. The maximum atomic E-state index is 9.65. The molecule has 2 fully saturated rings. The summed E-state index contributed by atoms with van der Waals surface area (Å²) in [6, 6.07) is 8.84. The van der Waals surface area contributed by atoms with E-state index in [1.54, 1.807) is 12.1 Å². The van der Waals surface area contributed by atoms with Gasteiger partial charge in [0.2, 0.25) is 0 Å². The van der Waals surface area contributed by atoms with Gasteiger partial charge in [-0.15, -0.1) is 0 Å². The topological polar surface area (TPSA) is 39.6 Å². The van der Waals surface area contributed by atoms with Crippen LogP contribution in [0.4, 0.5) is 5.69 Å². The smallest absolute Gasteiger partial charge is 0.116 e. The fraction of sp³-hybridized carbons (Fsp3) is 0.471. The van der Waals surface area contributed by atoms with Crippen molar-refractivity contribution in [2.24, 2.45) is 0 Å². The average molecular weight is 283 g/mol. The monoisotopic (exact) mass is 283 g/mol. The number of anilines is 1. The lowest BCUT2D eigenvalue weighted by Crippen LogP contribution is -2.59. The number of aromatic hydroxyl groups is 1. The molecule has 2 unspecified atom stereocenters. The summed E-state index contributed by atoms with van der Waals surface area (Å²) in [5, 5.41) is 10.7. The van der Waals surface area contributed by atoms with Gasteiger partial charge in [-0.25, -0.2) is 0 Å². The molecule has 3 heterocycles. The number of nitrogens with zero attached hydrogens (tertiary/aromatic N) is 3. The lowest BCUT2D eigenvalue weighted by atomic mass is 9.92. The molecule has 2 aliphatic heterocycles. The first-order valence-corrected chi connectivity index (χ1v) is 7.76. The molecule has 21 heavy (non-hydrogen) atoms. The number of pyridine rings is 1. The molecule has 1 aromatic carbocycles. The first-order chi connectivity index (χ1) is 10.2. The molecule has 2 bridgehead atoms. The highest BCUT2D eigenvalue weighted by molar-refractivity contribution is 5.83. The molecule has 0 amide bonds. The van der Waals surface area contributed by atoms with Gasteiger partial charge in [-0.1, -0.05) is 6.42 Å². The van der Waals surface area contributed by atoms with E-state index < -0.39 is 0 Å². The number of aromatic nitrogens is 1. The van der Waals surface area contributed by atoms with E-state index in [4.69, 9.17) is 0 Å². The number of hydrogen-bond donors (Lipinski definition) is 1. The van der Waals surface area contributed by atoms with Gasteiger partial charge in [-0.3, -0.25) is 9.88 Å². The zero-order valence-corrected chi connectivity index (χ0v) is 12.4. The van der Waals surface area contributed by atoms with Crippen molar-refractivity contribution in [1.29, 1.82) is 0 Å². The van der Waals surface area contributed by atoms with Crippen LogP contribution in [0.15, 0.2) is 30.5 Å². The summed E-state index contributed by atoms with van der Waals surface area (Å²) >= 11 is 0. The third kappa shape index (κ3) is 2.23. The molecule has 110 valence electrons. The summed E-state index contributed by atoms with van der Waals surface area (Å²) in [6.45, 7) is 2.16. The number of benzene rings is 1. The Bertz CT molecular complexity index is 658. The van der Waals surface area contributed by atoms with E-state index in [1.165, 1.54) is 24.9 Å². The highest BCUT2D eigenvalue weighted by Gasteiger charge is 2.34. The third-order valence-electron chi connectivity index (χ3n) is 5.10. The van der Waals surface area contributed by atoms with Gasteiger partial charge in [-0.05, 0) is 44.2 Å². The van der Waals surface area contributed by atoms with Crippen molar-refractivity contribution in [2.75, 3.05) is 25.0 Å². The zero-order chi connectivity index (χ0) is 14.4. The Kier molecular flexibility index (Phi) is 3.00. The van der Waals surface area contributed by atoms with Crippen LogP contribution < -0.4 is 4.90 Å². The Morgan fingerprint density at radius 1 is 1.14 bits per heavy atom. The standard InChI is InChI=1S/C17H21N3O/c1-19-13-3-2-4-14(19)11-20(10-13)15-7-12-8-16(21)5-6-17(12)18-9-15/h5-9,13-14,21H,2-4,10-11H2,1H3. The van der Waals surface area contributed by atoms with Crippen molar-refractivity contribution in [3.63, 3.8) is 0 Å². The highest BCUT2D eigenvalue weighted by Crippen LogP contribution is 2.31. The number of fused-ring (bicyclic) bond motifs is 3. The van der Waals surface area contributed by atoms with E-state index in [0.717, 1.165) is 24.0 Å². The molecule has 4 nitrogen and oxygen atoms in total. The molecule has 2 atom stereocenters. The molecule has 0 aliphatic carbocycles. The lowest BCUT2D eigenvalue weighted by molar-refractivity contribution is 0.0950. The Hall–Kier alpha value is -1.81. The number of phenolic OH excluding ortho intramolecular Hbond substituents is 1. The van der Waals surface area contributed by atoms with Gasteiger partial charge in [0.05, 0.1) is 17.4 Å². The van der Waals surface area contributed by atoms with Crippen molar-refractivity contribution in [1.82, 2.24) is 9.88 Å². The second-order valence-corrected chi connectivity index (χ2v) is 6.38. The van der Waals surface area contributed by atoms with E-state index in [9.17, 15) is 5.11 Å². The van der Waals surface area contributed by atoms with Gasteiger partial charge in [-0.2, -0.15) is 0 Å². The van der Waals surface area contributed by atoms with Gasteiger partial charge < -0.3 is 10.0 Å². The van der Waals surface area contributed by atoms with Crippen LogP contribution >= 0.6 is 0 Å². The Morgan fingerprint density at radius 3 is 2.67 bits per heavy atom. The Labute approximate surface area is 125 Å². The van der Waals surface area contributed by atoms with E-state index in [0.29, 0.717) is 17.8 Å². The average Bonchev–Trinajstić information content (AvgIpc) is 2.46. The lowest BCUT2D eigenvalue weighted by Gasteiger charge is -2.49. The number of rotatable bonds is 1. The minimum Gasteiger partial charge on any atom is -0.508 e. The van der Waals surface area contributed by atoms with Crippen molar-refractivity contribution < 1.29 is 5.11 Å². The predicted octanol–water partition coefficient (Wildman–Crippen LogP) is 2.61. The first kappa shape index (κ1) is 12.9. The summed E-state index contributed by atoms with van der Waals surface area (Å²) in [6.07, 6.45) is 5.92. The molecule has 2 aliphatic rings. The minimum atomic E-state index is 0.302. The molecular weight excluding hydrogens is 262 g/mol. The van der Waals surface area contributed by atoms with Crippen molar-refractivity contribution in [3.8, 4) is 5.75 Å². The maximum Gasteiger partial charge on any atom is 0.116 e. The van der Waals surface area contributed by atoms with E-state index in [2.05, 4.69) is 27.9 Å². The molecule has 2 aromatic rings. The number of phenols is 1.